The standard InChI is InChI=1S/C8H16N4O/c1-5-12-8(11(3)13-4)7(9)6(2)10-12/h5,9H2,1-4H3. The van der Waals surface area contributed by atoms with E-state index in [4.69, 9.17) is 10.6 Å². The fourth-order valence-electron chi connectivity index (χ4n) is 1.22. The second kappa shape index (κ2) is 3.66. The largest absolute Gasteiger partial charge is 0.394 e. The molecule has 2 N–H and O–H groups in total. The van der Waals surface area contributed by atoms with E-state index < -0.39 is 0 Å². The van der Waals surface area contributed by atoms with Gasteiger partial charge in [-0.1, -0.05) is 0 Å². The summed E-state index contributed by atoms with van der Waals surface area (Å²) in [6.45, 7) is 4.68. The number of nitrogens with zero attached hydrogens (tertiary/aromatic N) is 3. The maximum atomic E-state index is 5.85. The number of rotatable bonds is 3. The first kappa shape index (κ1) is 9.85. The molecule has 0 amide bonds. The molecule has 0 spiro atoms. The molecule has 0 unspecified atom stereocenters. The van der Waals surface area contributed by atoms with E-state index in [1.165, 1.54) is 0 Å². The molecule has 13 heavy (non-hydrogen) atoms. The molecule has 0 fully saturated rings. The number of hydroxylamine groups is 1. The fourth-order valence-corrected chi connectivity index (χ4v) is 1.22. The van der Waals surface area contributed by atoms with Gasteiger partial charge in [0.2, 0.25) is 0 Å². The number of nitrogens with two attached hydrogens (primary N) is 1. The average Bonchev–Trinajstić information content (AvgIpc) is 2.42. The molecule has 74 valence electrons. The Bertz CT molecular complexity index is 295. The van der Waals surface area contributed by atoms with Gasteiger partial charge in [-0.3, -0.25) is 4.84 Å². The highest BCUT2D eigenvalue weighted by atomic mass is 16.7. The molecular formula is C8H16N4O. The van der Waals surface area contributed by atoms with E-state index in [0.29, 0.717) is 5.69 Å². The van der Waals surface area contributed by atoms with Crippen LogP contribution in [0, 0.1) is 6.92 Å². The van der Waals surface area contributed by atoms with Crippen LogP contribution < -0.4 is 10.8 Å². The molecule has 0 atom stereocenters. The Morgan fingerprint density at radius 1 is 1.62 bits per heavy atom. The van der Waals surface area contributed by atoms with Crippen LogP contribution in [0.15, 0.2) is 0 Å². The van der Waals surface area contributed by atoms with Crippen molar-refractivity contribution in [3.05, 3.63) is 5.69 Å². The summed E-state index contributed by atoms with van der Waals surface area (Å²) in [6, 6.07) is 0. The van der Waals surface area contributed by atoms with Crippen molar-refractivity contribution in [2.75, 3.05) is 25.0 Å². The molecule has 0 saturated heterocycles. The number of hydrogen-bond donors (Lipinski definition) is 1. The molecule has 5 nitrogen and oxygen atoms in total. The number of anilines is 2. The van der Waals surface area contributed by atoms with E-state index in [9.17, 15) is 0 Å². The quantitative estimate of drug-likeness (QED) is 0.706. The Labute approximate surface area is 78.0 Å². The van der Waals surface area contributed by atoms with Crippen LogP contribution in [0.3, 0.4) is 0 Å². The Morgan fingerprint density at radius 3 is 2.69 bits per heavy atom. The first-order chi connectivity index (χ1) is 6.11. The Morgan fingerprint density at radius 2 is 2.23 bits per heavy atom. The van der Waals surface area contributed by atoms with Crippen LogP contribution in [0.5, 0.6) is 0 Å². The van der Waals surface area contributed by atoms with Crippen molar-refractivity contribution >= 4 is 11.5 Å². The number of hydrogen-bond acceptors (Lipinski definition) is 4. The fraction of sp³-hybridized carbons (Fsp3) is 0.625. The Hall–Kier alpha value is -1.23. The number of nitrogen functional groups attached to an aromatic ring is 1. The molecule has 1 rings (SSSR count). The first-order valence-electron chi connectivity index (χ1n) is 4.22. The van der Waals surface area contributed by atoms with Crippen molar-refractivity contribution in [3.8, 4) is 0 Å². The molecule has 5 heteroatoms. The lowest BCUT2D eigenvalue weighted by Crippen LogP contribution is -2.20. The SMILES string of the molecule is CCn1nc(C)c(N)c1N(C)OC. The Balaban J connectivity index is 3.15. The van der Waals surface area contributed by atoms with Crippen LogP contribution in [0.1, 0.15) is 12.6 Å². The van der Waals surface area contributed by atoms with Gasteiger partial charge < -0.3 is 5.73 Å². The van der Waals surface area contributed by atoms with Crippen molar-refractivity contribution in [2.24, 2.45) is 0 Å². The van der Waals surface area contributed by atoms with Crippen molar-refractivity contribution in [2.45, 2.75) is 20.4 Å². The molecule has 0 aromatic carbocycles. The van der Waals surface area contributed by atoms with Gasteiger partial charge in [-0.05, 0) is 13.8 Å². The molecule has 1 heterocycles. The highest BCUT2D eigenvalue weighted by molar-refractivity contribution is 5.64. The van der Waals surface area contributed by atoms with Crippen LogP contribution in [0.25, 0.3) is 0 Å². The topological polar surface area (TPSA) is 56.3 Å². The lowest BCUT2D eigenvalue weighted by molar-refractivity contribution is 0.179. The van der Waals surface area contributed by atoms with Crippen molar-refractivity contribution in [3.63, 3.8) is 0 Å². The summed E-state index contributed by atoms with van der Waals surface area (Å²) < 4.78 is 1.81. The summed E-state index contributed by atoms with van der Waals surface area (Å²) >= 11 is 0. The average molecular weight is 184 g/mol. The number of aryl methyl sites for hydroxylation is 2. The van der Waals surface area contributed by atoms with E-state index in [2.05, 4.69) is 5.10 Å². The molecule has 1 aromatic rings. The second-order valence-electron chi connectivity index (χ2n) is 2.82. The predicted octanol–water partition coefficient (Wildman–Crippen LogP) is 0.791. The zero-order valence-electron chi connectivity index (χ0n) is 8.53. The van der Waals surface area contributed by atoms with Gasteiger partial charge in [-0.15, -0.1) is 0 Å². The summed E-state index contributed by atoms with van der Waals surface area (Å²) in [5.74, 6) is 0.808. The summed E-state index contributed by atoms with van der Waals surface area (Å²) in [6.07, 6.45) is 0. The van der Waals surface area contributed by atoms with E-state index in [1.807, 2.05) is 18.5 Å². The lowest BCUT2D eigenvalue weighted by Gasteiger charge is -2.17. The molecule has 0 aliphatic heterocycles. The summed E-state index contributed by atoms with van der Waals surface area (Å²) in [4.78, 5) is 5.07. The predicted molar refractivity (Wildman–Crippen MR) is 52.5 cm³/mol. The minimum absolute atomic E-state index is 0.672. The third-order valence-electron chi connectivity index (χ3n) is 2.02. The van der Waals surface area contributed by atoms with Gasteiger partial charge in [0, 0.05) is 13.6 Å². The van der Waals surface area contributed by atoms with Crippen LogP contribution >= 0.6 is 0 Å². The smallest absolute Gasteiger partial charge is 0.174 e. The van der Waals surface area contributed by atoms with E-state index in [-0.39, 0.29) is 0 Å². The minimum Gasteiger partial charge on any atom is -0.394 e. The second-order valence-corrected chi connectivity index (χ2v) is 2.82. The van der Waals surface area contributed by atoms with Gasteiger partial charge in [0.25, 0.3) is 0 Å². The van der Waals surface area contributed by atoms with Gasteiger partial charge >= 0.3 is 0 Å². The van der Waals surface area contributed by atoms with Gasteiger partial charge in [-0.25, -0.2) is 9.75 Å². The maximum Gasteiger partial charge on any atom is 0.174 e. The highest BCUT2D eigenvalue weighted by Crippen LogP contribution is 2.25. The molecule has 1 aromatic heterocycles. The molecule has 0 aliphatic rings. The number of aromatic nitrogens is 2. The minimum atomic E-state index is 0.672. The summed E-state index contributed by atoms with van der Waals surface area (Å²) in [5.41, 5.74) is 7.36. The van der Waals surface area contributed by atoms with Crippen LogP contribution in [-0.4, -0.2) is 23.9 Å². The first-order valence-corrected chi connectivity index (χ1v) is 4.22. The maximum absolute atomic E-state index is 5.85. The van der Waals surface area contributed by atoms with Crippen molar-refractivity contribution < 1.29 is 4.84 Å². The third-order valence-corrected chi connectivity index (χ3v) is 2.02. The van der Waals surface area contributed by atoms with Gasteiger partial charge in [0.15, 0.2) is 5.82 Å². The van der Waals surface area contributed by atoms with Gasteiger partial charge in [0.1, 0.15) is 0 Å². The van der Waals surface area contributed by atoms with E-state index in [0.717, 1.165) is 18.1 Å². The zero-order chi connectivity index (χ0) is 10.0. The zero-order valence-corrected chi connectivity index (χ0v) is 8.53. The summed E-state index contributed by atoms with van der Waals surface area (Å²) in [7, 11) is 3.40. The summed E-state index contributed by atoms with van der Waals surface area (Å²) in [5, 5.41) is 5.88. The molecule has 0 saturated carbocycles. The highest BCUT2D eigenvalue weighted by Gasteiger charge is 2.14. The van der Waals surface area contributed by atoms with Crippen LogP contribution in [-0.2, 0) is 11.4 Å². The van der Waals surface area contributed by atoms with Crippen molar-refractivity contribution in [1.29, 1.82) is 0 Å². The van der Waals surface area contributed by atoms with Gasteiger partial charge in [0.05, 0.1) is 18.5 Å². The normalized spacial score (nSPS) is 10.5. The molecule has 0 aliphatic carbocycles. The lowest BCUT2D eigenvalue weighted by atomic mass is 10.4. The third kappa shape index (κ3) is 1.60. The van der Waals surface area contributed by atoms with Crippen LogP contribution in [0.4, 0.5) is 11.5 Å². The Kier molecular flexibility index (Phi) is 2.77. The molecule has 0 radical (unpaired) electrons. The van der Waals surface area contributed by atoms with E-state index in [1.54, 1.807) is 19.2 Å². The van der Waals surface area contributed by atoms with E-state index >= 15 is 0 Å². The monoisotopic (exact) mass is 184 g/mol. The van der Waals surface area contributed by atoms with Crippen molar-refractivity contribution in [1.82, 2.24) is 9.78 Å². The van der Waals surface area contributed by atoms with Crippen LogP contribution in [0.2, 0.25) is 0 Å². The molecule has 0 bridgehead atoms. The molecular weight excluding hydrogens is 168 g/mol. The van der Waals surface area contributed by atoms with Gasteiger partial charge in [-0.2, -0.15) is 5.10 Å².